The zero-order valence-electron chi connectivity index (χ0n) is 11.4. The Balaban J connectivity index is 1.71. The molecule has 0 unspecified atom stereocenters. The first-order valence-corrected chi connectivity index (χ1v) is 6.95. The molecule has 104 valence electrons. The fourth-order valence-electron chi connectivity index (χ4n) is 2.55. The van der Waals surface area contributed by atoms with Crippen LogP contribution in [0.2, 0.25) is 0 Å². The minimum atomic E-state index is 0.815. The number of hydrogen-bond acceptors (Lipinski definition) is 5. The SMILES string of the molecule is Nc1cccc(N2CCCN(c3ncccn3)CC2)c1. The molecule has 5 nitrogen and oxygen atoms in total. The van der Waals surface area contributed by atoms with Crippen molar-refractivity contribution in [2.45, 2.75) is 6.42 Å². The Kier molecular flexibility index (Phi) is 3.67. The summed E-state index contributed by atoms with van der Waals surface area (Å²) < 4.78 is 0. The molecule has 1 aromatic heterocycles. The van der Waals surface area contributed by atoms with Crippen LogP contribution in [0.15, 0.2) is 42.7 Å². The van der Waals surface area contributed by atoms with E-state index in [2.05, 4.69) is 25.8 Å². The van der Waals surface area contributed by atoms with E-state index < -0.39 is 0 Å². The zero-order valence-corrected chi connectivity index (χ0v) is 11.4. The molecule has 2 aromatic rings. The minimum Gasteiger partial charge on any atom is -0.399 e. The van der Waals surface area contributed by atoms with Gasteiger partial charge in [0.2, 0.25) is 5.95 Å². The molecule has 2 N–H and O–H groups in total. The van der Waals surface area contributed by atoms with Crippen molar-refractivity contribution in [1.82, 2.24) is 9.97 Å². The average Bonchev–Trinajstić information content (AvgIpc) is 2.74. The van der Waals surface area contributed by atoms with Gasteiger partial charge in [-0.3, -0.25) is 0 Å². The van der Waals surface area contributed by atoms with E-state index in [0.29, 0.717) is 0 Å². The molecule has 1 aliphatic rings. The molecule has 5 heteroatoms. The summed E-state index contributed by atoms with van der Waals surface area (Å²) in [6, 6.07) is 9.93. The number of hydrogen-bond donors (Lipinski definition) is 1. The number of benzene rings is 1. The van der Waals surface area contributed by atoms with Gasteiger partial charge in [-0.15, -0.1) is 0 Å². The first kappa shape index (κ1) is 12.7. The maximum absolute atomic E-state index is 5.87. The van der Waals surface area contributed by atoms with Gasteiger partial charge in [0.05, 0.1) is 0 Å². The lowest BCUT2D eigenvalue weighted by Crippen LogP contribution is -2.31. The number of nitrogens with zero attached hydrogens (tertiary/aromatic N) is 4. The molecule has 3 rings (SSSR count). The highest BCUT2D eigenvalue weighted by molar-refractivity contribution is 5.56. The van der Waals surface area contributed by atoms with Crippen LogP contribution in [0.25, 0.3) is 0 Å². The van der Waals surface area contributed by atoms with Gasteiger partial charge in [0.15, 0.2) is 0 Å². The van der Waals surface area contributed by atoms with E-state index >= 15 is 0 Å². The van der Waals surface area contributed by atoms with Crippen LogP contribution >= 0.6 is 0 Å². The minimum absolute atomic E-state index is 0.815. The Morgan fingerprint density at radius 3 is 2.45 bits per heavy atom. The Morgan fingerprint density at radius 2 is 1.65 bits per heavy atom. The van der Waals surface area contributed by atoms with E-state index in [1.54, 1.807) is 12.4 Å². The topological polar surface area (TPSA) is 58.3 Å². The van der Waals surface area contributed by atoms with Crippen LogP contribution in [0, 0.1) is 0 Å². The molecule has 0 bridgehead atoms. The van der Waals surface area contributed by atoms with Crippen LogP contribution in [-0.4, -0.2) is 36.1 Å². The Labute approximate surface area is 119 Å². The van der Waals surface area contributed by atoms with Crippen LogP contribution in [0.5, 0.6) is 0 Å². The van der Waals surface area contributed by atoms with Gasteiger partial charge in [0.25, 0.3) is 0 Å². The molecule has 0 atom stereocenters. The summed E-state index contributed by atoms with van der Waals surface area (Å²) in [6.45, 7) is 3.91. The molecule has 0 amide bonds. The van der Waals surface area contributed by atoms with Crippen LogP contribution in [0.3, 0.4) is 0 Å². The van der Waals surface area contributed by atoms with Crippen molar-refractivity contribution in [3.63, 3.8) is 0 Å². The van der Waals surface area contributed by atoms with E-state index in [1.165, 1.54) is 5.69 Å². The smallest absolute Gasteiger partial charge is 0.225 e. The van der Waals surface area contributed by atoms with Gasteiger partial charge in [0, 0.05) is 49.9 Å². The summed E-state index contributed by atoms with van der Waals surface area (Å²) in [5.74, 6) is 0.821. The lowest BCUT2D eigenvalue weighted by atomic mass is 10.2. The molecular weight excluding hydrogens is 250 g/mol. The number of rotatable bonds is 2. The second kappa shape index (κ2) is 5.77. The monoisotopic (exact) mass is 269 g/mol. The highest BCUT2D eigenvalue weighted by atomic mass is 15.3. The normalized spacial score (nSPS) is 16.0. The quantitative estimate of drug-likeness (QED) is 0.842. The lowest BCUT2D eigenvalue weighted by molar-refractivity contribution is 0.782. The molecule has 20 heavy (non-hydrogen) atoms. The first-order valence-electron chi connectivity index (χ1n) is 6.95. The summed E-state index contributed by atoms with van der Waals surface area (Å²) in [5, 5.41) is 0. The third-order valence-electron chi connectivity index (χ3n) is 3.57. The van der Waals surface area contributed by atoms with Gasteiger partial charge in [-0.25, -0.2) is 9.97 Å². The van der Waals surface area contributed by atoms with Gasteiger partial charge in [-0.2, -0.15) is 0 Å². The van der Waals surface area contributed by atoms with Crippen LogP contribution < -0.4 is 15.5 Å². The molecule has 0 aliphatic carbocycles. The molecule has 2 heterocycles. The predicted molar refractivity (Wildman–Crippen MR) is 81.9 cm³/mol. The van der Waals surface area contributed by atoms with Gasteiger partial charge in [-0.1, -0.05) is 6.07 Å². The van der Waals surface area contributed by atoms with Gasteiger partial charge >= 0.3 is 0 Å². The number of nitrogen functional groups attached to an aromatic ring is 1. The molecule has 0 radical (unpaired) electrons. The fraction of sp³-hybridized carbons (Fsp3) is 0.333. The number of anilines is 3. The Bertz CT molecular complexity index is 557. The summed E-state index contributed by atoms with van der Waals surface area (Å²) in [7, 11) is 0. The third-order valence-corrected chi connectivity index (χ3v) is 3.57. The second-order valence-corrected chi connectivity index (χ2v) is 4.97. The zero-order chi connectivity index (χ0) is 13.8. The van der Waals surface area contributed by atoms with Gasteiger partial charge in [0.1, 0.15) is 0 Å². The van der Waals surface area contributed by atoms with Gasteiger partial charge < -0.3 is 15.5 Å². The average molecular weight is 269 g/mol. The molecule has 1 fully saturated rings. The Hall–Kier alpha value is -2.30. The van der Waals surface area contributed by atoms with Crippen LogP contribution in [-0.2, 0) is 0 Å². The van der Waals surface area contributed by atoms with E-state index in [-0.39, 0.29) is 0 Å². The van der Waals surface area contributed by atoms with Crippen LogP contribution in [0.4, 0.5) is 17.3 Å². The highest BCUT2D eigenvalue weighted by Gasteiger charge is 2.16. The maximum Gasteiger partial charge on any atom is 0.225 e. The molecule has 0 saturated carbocycles. The van der Waals surface area contributed by atoms with Crippen molar-refractivity contribution < 1.29 is 0 Å². The lowest BCUT2D eigenvalue weighted by Gasteiger charge is -2.23. The van der Waals surface area contributed by atoms with Crippen molar-refractivity contribution in [1.29, 1.82) is 0 Å². The maximum atomic E-state index is 5.87. The molecule has 0 spiro atoms. The summed E-state index contributed by atoms with van der Waals surface area (Å²) in [5.41, 5.74) is 7.88. The van der Waals surface area contributed by atoms with E-state index in [1.807, 2.05) is 24.3 Å². The first-order chi connectivity index (χ1) is 9.83. The number of aromatic nitrogens is 2. The van der Waals surface area contributed by atoms with Crippen LogP contribution in [0.1, 0.15) is 6.42 Å². The van der Waals surface area contributed by atoms with Crippen molar-refractivity contribution >= 4 is 17.3 Å². The van der Waals surface area contributed by atoms with Crippen molar-refractivity contribution in [3.05, 3.63) is 42.7 Å². The summed E-state index contributed by atoms with van der Waals surface area (Å²) in [6.07, 6.45) is 4.68. The van der Waals surface area contributed by atoms with Gasteiger partial charge in [-0.05, 0) is 30.7 Å². The molecule has 1 aliphatic heterocycles. The Morgan fingerprint density at radius 1 is 0.900 bits per heavy atom. The fourth-order valence-corrected chi connectivity index (χ4v) is 2.55. The predicted octanol–water partition coefficient (Wildman–Crippen LogP) is 1.78. The molecule has 1 aromatic carbocycles. The second-order valence-electron chi connectivity index (χ2n) is 4.97. The molecule has 1 saturated heterocycles. The summed E-state index contributed by atoms with van der Waals surface area (Å²) in [4.78, 5) is 13.3. The number of nitrogens with two attached hydrogens (primary N) is 1. The van der Waals surface area contributed by atoms with E-state index in [0.717, 1.165) is 44.2 Å². The van der Waals surface area contributed by atoms with E-state index in [9.17, 15) is 0 Å². The third kappa shape index (κ3) is 2.82. The van der Waals surface area contributed by atoms with Crippen molar-refractivity contribution in [3.8, 4) is 0 Å². The highest BCUT2D eigenvalue weighted by Crippen LogP contribution is 2.20. The van der Waals surface area contributed by atoms with Crippen molar-refractivity contribution in [2.75, 3.05) is 41.7 Å². The largest absolute Gasteiger partial charge is 0.399 e. The van der Waals surface area contributed by atoms with E-state index in [4.69, 9.17) is 5.73 Å². The standard InChI is InChI=1S/C15H19N5/c16-13-4-1-5-14(12-13)19-8-3-9-20(11-10-19)15-17-6-2-7-18-15/h1-2,4-7,12H,3,8-11,16H2. The summed E-state index contributed by atoms with van der Waals surface area (Å²) >= 11 is 0. The molecular formula is C15H19N5. The van der Waals surface area contributed by atoms with Crippen molar-refractivity contribution in [2.24, 2.45) is 0 Å².